The van der Waals surface area contributed by atoms with Crippen LogP contribution < -0.4 is 10.2 Å². The zero-order valence-electron chi connectivity index (χ0n) is 11.2. The van der Waals surface area contributed by atoms with Gasteiger partial charge < -0.3 is 10.2 Å². The third kappa shape index (κ3) is 2.93. The van der Waals surface area contributed by atoms with Crippen molar-refractivity contribution < 1.29 is 0 Å². The van der Waals surface area contributed by atoms with Crippen LogP contribution in [0.4, 0.5) is 5.69 Å². The monoisotopic (exact) mass is 342 g/mol. The Morgan fingerprint density at radius 2 is 2.21 bits per heavy atom. The van der Waals surface area contributed by atoms with Crippen LogP contribution in [0.2, 0.25) is 5.02 Å². The second-order valence-corrected chi connectivity index (χ2v) is 6.93. The Balaban J connectivity index is 1.82. The highest BCUT2D eigenvalue weighted by Gasteiger charge is 2.36. The van der Waals surface area contributed by atoms with Crippen molar-refractivity contribution >= 4 is 33.2 Å². The first-order valence-corrected chi connectivity index (χ1v) is 8.31. The van der Waals surface area contributed by atoms with Crippen molar-refractivity contribution in [2.75, 3.05) is 18.0 Å². The van der Waals surface area contributed by atoms with Crippen LogP contribution in [0.3, 0.4) is 0 Å². The van der Waals surface area contributed by atoms with Crippen LogP contribution in [0.1, 0.15) is 26.2 Å². The van der Waals surface area contributed by atoms with Crippen molar-refractivity contribution in [2.24, 2.45) is 5.92 Å². The van der Waals surface area contributed by atoms with E-state index in [1.807, 2.05) is 0 Å². The van der Waals surface area contributed by atoms with E-state index >= 15 is 0 Å². The number of nitrogens with one attached hydrogen (secondary N) is 1. The maximum atomic E-state index is 6.25. The van der Waals surface area contributed by atoms with Gasteiger partial charge in [0.15, 0.2) is 0 Å². The molecule has 0 amide bonds. The van der Waals surface area contributed by atoms with Crippen molar-refractivity contribution in [3.05, 3.63) is 27.7 Å². The molecular formula is C15H20BrClN2. The molecular weight excluding hydrogens is 324 g/mol. The summed E-state index contributed by atoms with van der Waals surface area (Å²) in [7, 11) is 0. The van der Waals surface area contributed by atoms with Gasteiger partial charge in [0.2, 0.25) is 0 Å². The number of halogens is 2. The summed E-state index contributed by atoms with van der Waals surface area (Å²) >= 11 is 9.71. The van der Waals surface area contributed by atoms with Crippen molar-refractivity contribution in [3.63, 3.8) is 0 Å². The molecule has 1 aromatic rings. The highest BCUT2D eigenvalue weighted by Crippen LogP contribution is 2.36. The third-order valence-corrected chi connectivity index (χ3v) is 5.58. The fourth-order valence-electron chi connectivity index (χ4n) is 2.98. The van der Waals surface area contributed by atoms with Crippen LogP contribution in [0.25, 0.3) is 0 Å². The van der Waals surface area contributed by atoms with E-state index in [4.69, 9.17) is 11.6 Å². The lowest BCUT2D eigenvalue weighted by molar-refractivity contribution is 0.360. The number of piperazine rings is 1. The normalized spacial score (nSPS) is 27.6. The van der Waals surface area contributed by atoms with E-state index in [-0.39, 0.29) is 0 Å². The van der Waals surface area contributed by atoms with Crippen LogP contribution >= 0.6 is 27.5 Å². The molecule has 4 heteroatoms. The minimum absolute atomic E-state index is 0.576. The van der Waals surface area contributed by atoms with Crippen molar-refractivity contribution in [1.82, 2.24) is 5.32 Å². The number of nitrogens with zero attached hydrogens (tertiary/aromatic N) is 1. The predicted molar refractivity (Wildman–Crippen MR) is 85.1 cm³/mol. The molecule has 1 N–H and O–H groups in total. The Bertz CT molecular complexity index is 461. The first-order valence-electron chi connectivity index (χ1n) is 7.14. The second kappa shape index (κ2) is 5.63. The predicted octanol–water partition coefficient (Wildman–Crippen LogP) is 4.07. The summed E-state index contributed by atoms with van der Waals surface area (Å²) in [5.74, 6) is 0.895. The van der Waals surface area contributed by atoms with E-state index in [1.165, 1.54) is 18.5 Å². The molecule has 0 spiro atoms. The average molecular weight is 344 g/mol. The summed E-state index contributed by atoms with van der Waals surface area (Å²) in [6.45, 7) is 4.46. The molecule has 104 valence electrons. The fraction of sp³-hybridized carbons (Fsp3) is 0.600. The Hall–Kier alpha value is -0.250. The number of rotatable bonds is 3. The first-order chi connectivity index (χ1) is 9.19. The van der Waals surface area contributed by atoms with E-state index in [1.54, 1.807) is 0 Å². The number of anilines is 1. The molecule has 0 radical (unpaired) electrons. The van der Waals surface area contributed by atoms with Gasteiger partial charge in [0, 0.05) is 35.3 Å². The molecule has 1 heterocycles. The molecule has 1 aromatic carbocycles. The van der Waals surface area contributed by atoms with Gasteiger partial charge in [-0.1, -0.05) is 18.5 Å². The van der Waals surface area contributed by atoms with Gasteiger partial charge in [-0.3, -0.25) is 0 Å². The minimum Gasteiger partial charge on any atom is -0.366 e. The SMILES string of the molecule is CCC1CNC(C2CC2)CN1c1ccc(Br)c(Cl)c1. The summed E-state index contributed by atoms with van der Waals surface area (Å²) in [6, 6.07) is 7.55. The standard InChI is InChI=1S/C15H20BrClN2/c1-2-11-8-18-15(10-3-4-10)9-19(11)12-5-6-13(16)14(17)7-12/h5-7,10-11,15,18H,2-4,8-9H2,1H3. The molecule has 1 aliphatic heterocycles. The van der Waals surface area contributed by atoms with Crippen LogP contribution in [-0.2, 0) is 0 Å². The van der Waals surface area contributed by atoms with Crippen LogP contribution in [-0.4, -0.2) is 25.2 Å². The number of hydrogen-bond acceptors (Lipinski definition) is 2. The van der Waals surface area contributed by atoms with E-state index in [2.05, 4.69) is 51.3 Å². The zero-order valence-corrected chi connectivity index (χ0v) is 13.5. The van der Waals surface area contributed by atoms with Crippen molar-refractivity contribution in [1.29, 1.82) is 0 Å². The minimum atomic E-state index is 0.576. The molecule has 2 aliphatic rings. The van der Waals surface area contributed by atoms with Gasteiger partial charge in [-0.25, -0.2) is 0 Å². The maximum Gasteiger partial charge on any atom is 0.0568 e. The van der Waals surface area contributed by atoms with Gasteiger partial charge in [0.1, 0.15) is 0 Å². The molecule has 2 nitrogen and oxygen atoms in total. The average Bonchev–Trinajstić information content (AvgIpc) is 3.26. The second-order valence-electron chi connectivity index (χ2n) is 5.67. The Labute approximate surface area is 128 Å². The van der Waals surface area contributed by atoms with E-state index in [0.29, 0.717) is 12.1 Å². The maximum absolute atomic E-state index is 6.25. The molecule has 2 unspecified atom stereocenters. The summed E-state index contributed by atoms with van der Waals surface area (Å²) in [6.07, 6.45) is 3.95. The topological polar surface area (TPSA) is 15.3 Å². The molecule has 1 saturated carbocycles. The summed E-state index contributed by atoms with van der Waals surface area (Å²) in [5, 5.41) is 4.52. The summed E-state index contributed by atoms with van der Waals surface area (Å²) < 4.78 is 0.972. The highest BCUT2D eigenvalue weighted by atomic mass is 79.9. The third-order valence-electron chi connectivity index (χ3n) is 4.35. The molecule has 19 heavy (non-hydrogen) atoms. The number of hydrogen-bond donors (Lipinski definition) is 1. The largest absolute Gasteiger partial charge is 0.366 e. The summed E-state index contributed by atoms with van der Waals surface area (Å²) in [4.78, 5) is 2.54. The highest BCUT2D eigenvalue weighted by molar-refractivity contribution is 9.10. The van der Waals surface area contributed by atoms with Gasteiger partial charge in [0.25, 0.3) is 0 Å². The number of benzene rings is 1. The van der Waals surface area contributed by atoms with Gasteiger partial charge in [-0.2, -0.15) is 0 Å². The van der Waals surface area contributed by atoms with E-state index in [9.17, 15) is 0 Å². The first kappa shape index (κ1) is 13.7. The molecule has 1 aliphatic carbocycles. The Morgan fingerprint density at radius 3 is 2.84 bits per heavy atom. The van der Waals surface area contributed by atoms with Crippen LogP contribution in [0.5, 0.6) is 0 Å². The lowest BCUT2D eigenvalue weighted by Gasteiger charge is -2.42. The van der Waals surface area contributed by atoms with E-state index in [0.717, 1.165) is 34.9 Å². The molecule has 2 atom stereocenters. The molecule has 0 bridgehead atoms. The lowest BCUT2D eigenvalue weighted by atomic mass is 10.0. The van der Waals surface area contributed by atoms with Gasteiger partial charge in [-0.15, -0.1) is 0 Å². The quantitative estimate of drug-likeness (QED) is 0.890. The Kier molecular flexibility index (Phi) is 4.06. The smallest absolute Gasteiger partial charge is 0.0568 e. The van der Waals surface area contributed by atoms with E-state index < -0.39 is 0 Å². The van der Waals surface area contributed by atoms with Gasteiger partial charge in [0.05, 0.1) is 5.02 Å². The fourth-order valence-corrected chi connectivity index (χ4v) is 3.40. The Morgan fingerprint density at radius 1 is 1.42 bits per heavy atom. The van der Waals surface area contributed by atoms with Crippen LogP contribution in [0.15, 0.2) is 22.7 Å². The molecule has 1 saturated heterocycles. The van der Waals surface area contributed by atoms with Gasteiger partial charge in [-0.05, 0) is 59.3 Å². The van der Waals surface area contributed by atoms with Crippen LogP contribution in [0, 0.1) is 5.92 Å². The summed E-state index contributed by atoms with van der Waals surface area (Å²) in [5.41, 5.74) is 1.26. The van der Waals surface area contributed by atoms with Crippen molar-refractivity contribution in [2.45, 2.75) is 38.3 Å². The van der Waals surface area contributed by atoms with Crippen molar-refractivity contribution in [3.8, 4) is 0 Å². The lowest BCUT2D eigenvalue weighted by Crippen LogP contribution is -2.57. The molecule has 0 aromatic heterocycles. The van der Waals surface area contributed by atoms with Gasteiger partial charge >= 0.3 is 0 Å². The molecule has 2 fully saturated rings. The molecule has 3 rings (SSSR count). The zero-order chi connectivity index (χ0) is 13.4.